The van der Waals surface area contributed by atoms with Gasteiger partial charge in [-0.05, 0) is 97.6 Å². The number of ether oxygens (including phenoxy) is 1. The molecule has 0 amide bonds. The molecule has 1 aromatic heterocycles. The number of fused-ring (bicyclic) bond motifs is 2. The summed E-state index contributed by atoms with van der Waals surface area (Å²) >= 11 is 0. The Morgan fingerprint density at radius 2 is 1.91 bits per heavy atom. The molecule has 5 heteroatoms. The summed E-state index contributed by atoms with van der Waals surface area (Å²) in [6.45, 7) is 2.53. The quantitative estimate of drug-likeness (QED) is 0.616. The normalized spacial score (nSPS) is 50.6. The predicted octanol–water partition coefficient (Wildman–Crippen LogP) is 3.91. The zero-order valence-electron chi connectivity index (χ0n) is 19.5. The number of rotatable bonds is 1. The standard InChI is InChI=1S/C28H36N2O3/c1-26-8-6-19-13-21-24(31)25(32)22(29)14-27(21)9-10-28(19,33-27)23(26)5-4-20(26)17-3-2-16-7-11-30-15-18(16)12-17/h2-3,7,11-12,15,19-25,31-32H,4-6,8-10,13-14,29H2,1H3/t19-,20-,21-,22+,23-,24-,25-,26-,27-,28-/m1/s1. The van der Waals surface area contributed by atoms with Crippen LogP contribution in [-0.2, 0) is 4.74 Å². The van der Waals surface area contributed by atoms with Gasteiger partial charge in [-0.15, -0.1) is 0 Å². The van der Waals surface area contributed by atoms with Crippen LogP contribution in [0.25, 0.3) is 10.8 Å². The number of aromatic nitrogens is 1. The van der Waals surface area contributed by atoms with Gasteiger partial charge in [0.15, 0.2) is 0 Å². The van der Waals surface area contributed by atoms with E-state index in [9.17, 15) is 10.2 Å². The van der Waals surface area contributed by atoms with Crippen molar-refractivity contribution in [1.29, 1.82) is 0 Å². The second kappa shape index (κ2) is 6.78. The molecule has 7 rings (SSSR count). The predicted molar refractivity (Wildman–Crippen MR) is 127 cm³/mol. The topological polar surface area (TPSA) is 88.6 Å². The Morgan fingerprint density at radius 1 is 1.03 bits per heavy atom. The van der Waals surface area contributed by atoms with E-state index in [1.807, 2.05) is 12.4 Å². The molecule has 2 spiro atoms. The average molecular weight is 449 g/mol. The molecule has 3 heterocycles. The van der Waals surface area contributed by atoms with Crippen molar-refractivity contribution in [3.05, 3.63) is 42.2 Å². The zero-order chi connectivity index (χ0) is 22.6. The van der Waals surface area contributed by atoms with E-state index in [1.165, 1.54) is 35.6 Å². The monoisotopic (exact) mass is 448 g/mol. The molecule has 5 fully saturated rings. The minimum Gasteiger partial charge on any atom is -0.390 e. The van der Waals surface area contributed by atoms with Crippen molar-refractivity contribution in [2.24, 2.45) is 28.9 Å². The number of pyridine rings is 1. The Labute approximate surface area is 195 Å². The van der Waals surface area contributed by atoms with E-state index in [0.29, 0.717) is 24.2 Å². The van der Waals surface area contributed by atoms with Crippen LogP contribution in [0, 0.1) is 23.2 Å². The van der Waals surface area contributed by atoms with E-state index >= 15 is 0 Å². The van der Waals surface area contributed by atoms with Crippen LogP contribution in [0.15, 0.2) is 36.7 Å². The van der Waals surface area contributed by atoms with Gasteiger partial charge >= 0.3 is 0 Å². The number of hydrogen-bond acceptors (Lipinski definition) is 5. The van der Waals surface area contributed by atoms with Gasteiger partial charge in [0, 0.05) is 29.7 Å². The fraction of sp³-hybridized carbons (Fsp3) is 0.679. The lowest BCUT2D eigenvalue weighted by molar-refractivity contribution is -0.281. The molecule has 2 aliphatic heterocycles. The van der Waals surface area contributed by atoms with Crippen molar-refractivity contribution in [2.45, 2.75) is 93.7 Å². The minimum absolute atomic E-state index is 0.0162. The number of benzene rings is 1. The van der Waals surface area contributed by atoms with Crippen molar-refractivity contribution < 1.29 is 14.9 Å². The van der Waals surface area contributed by atoms with Gasteiger partial charge in [-0.1, -0.05) is 19.1 Å². The molecule has 4 N–H and O–H groups in total. The smallest absolute Gasteiger partial charge is 0.0954 e. The van der Waals surface area contributed by atoms with E-state index in [0.717, 1.165) is 25.7 Å². The molecule has 1 aromatic carbocycles. The molecule has 2 bridgehead atoms. The van der Waals surface area contributed by atoms with Crippen molar-refractivity contribution in [3.63, 3.8) is 0 Å². The third kappa shape index (κ3) is 2.60. The van der Waals surface area contributed by atoms with Gasteiger partial charge in [0.1, 0.15) is 0 Å². The summed E-state index contributed by atoms with van der Waals surface area (Å²) in [6.07, 6.45) is 10.8. The van der Waals surface area contributed by atoms with Gasteiger partial charge in [0.25, 0.3) is 0 Å². The third-order valence-electron chi connectivity index (χ3n) is 11.0. The lowest BCUT2D eigenvalue weighted by Gasteiger charge is -2.61. The number of aliphatic hydroxyl groups is 2. The molecule has 10 atom stereocenters. The Hall–Kier alpha value is -1.53. The summed E-state index contributed by atoms with van der Waals surface area (Å²) in [4.78, 5) is 4.35. The number of nitrogens with zero attached hydrogens (tertiary/aromatic N) is 1. The lowest BCUT2D eigenvalue weighted by Crippen LogP contribution is -2.67. The maximum absolute atomic E-state index is 10.9. The molecule has 3 aliphatic carbocycles. The van der Waals surface area contributed by atoms with Crippen molar-refractivity contribution in [3.8, 4) is 0 Å². The highest BCUT2D eigenvalue weighted by atomic mass is 16.5. The molecule has 176 valence electrons. The fourth-order valence-electron chi connectivity index (χ4n) is 9.55. The Kier molecular flexibility index (Phi) is 4.28. The number of hydrogen-bond donors (Lipinski definition) is 3. The lowest BCUT2D eigenvalue weighted by atomic mass is 9.52. The fourth-order valence-corrected chi connectivity index (χ4v) is 9.55. The van der Waals surface area contributed by atoms with E-state index in [2.05, 4.69) is 36.2 Å². The van der Waals surface area contributed by atoms with Crippen LogP contribution in [0.5, 0.6) is 0 Å². The molecular formula is C28H36N2O3. The summed E-state index contributed by atoms with van der Waals surface area (Å²) in [5.41, 5.74) is 7.54. The molecule has 0 unspecified atom stereocenters. The van der Waals surface area contributed by atoms with Gasteiger partial charge < -0.3 is 20.7 Å². The molecule has 2 aromatic rings. The van der Waals surface area contributed by atoms with Crippen molar-refractivity contribution in [1.82, 2.24) is 4.98 Å². The average Bonchev–Trinajstić information content (AvgIpc) is 3.33. The maximum atomic E-state index is 10.9. The Bertz CT molecular complexity index is 1110. The zero-order valence-corrected chi connectivity index (χ0v) is 19.5. The Morgan fingerprint density at radius 3 is 2.79 bits per heavy atom. The SMILES string of the molecule is C[C@]12CC[C@@H]3C[C@@H]4[C@@H](O)[C@H](O)[C@@H](N)C[C@]45CC[C@]3(O5)[C@@H]1CC[C@@H]2c1ccc2ccncc2c1. The highest BCUT2D eigenvalue weighted by Crippen LogP contribution is 2.71. The van der Waals surface area contributed by atoms with Crippen LogP contribution in [0.2, 0.25) is 0 Å². The summed E-state index contributed by atoms with van der Waals surface area (Å²) in [7, 11) is 0. The van der Waals surface area contributed by atoms with Crippen LogP contribution in [0.4, 0.5) is 0 Å². The molecule has 0 radical (unpaired) electrons. The first-order valence-electron chi connectivity index (χ1n) is 13.0. The summed E-state index contributed by atoms with van der Waals surface area (Å²) in [5, 5.41) is 23.9. The first kappa shape index (κ1) is 20.8. The first-order chi connectivity index (χ1) is 15.9. The van der Waals surface area contributed by atoms with Crippen LogP contribution in [-0.4, -0.2) is 44.6 Å². The largest absolute Gasteiger partial charge is 0.390 e. The number of nitrogens with two attached hydrogens (primary N) is 1. The molecule has 5 aliphatic rings. The van der Waals surface area contributed by atoms with E-state index < -0.39 is 18.2 Å². The second-order valence-corrected chi connectivity index (χ2v) is 12.2. The minimum atomic E-state index is -0.829. The van der Waals surface area contributed by atoms with Crippen LogP contribution in [0.1, 0.15) is 69.8 Å². The maximum Gasteiger partial charge on any atom is 0.0954 e. The van der Waals surface area contributed by atoms with Crippen LogP contribution < -0.4 is 5.73 Å². The highest BCUT2D eigenvalue weighted by Gasteiger charge is 2.71. The van der Waals surface area contributed by atoms with E-state index in [4.69, 9.17) is 10.5 Å². The summed E-state index contributed by atoms with van der Waals surface area (Å²) in [5.74, 6) is 1.58. The summed E-state index contributed by atoms with van der Waals surface area (Å²) in [6, 6.07) is 8.66. The summed E-state index contributed by atoms with van der Waals surface area (Å²) < 4.78 is 7.24. The molecular weight excluding hydrogens is 412 g/mol. The molecule has 2 saturated heterocycles. The van der Waals surface area contributed by atoms with Gasteiger partial charge in [-0.2, -0.15) is 0 Å². The first-order valence-corrected chi connectivity index (χ1v) is 13.0. The Balaban J connectivity index is 1.25. The van der Waals surface area contributed by atoms with Gasteiger partial charge in [-0.25, -0.2) is 0 Å². The van der Waals surface area contributed by atoms with Crippen LogP contribution >= 0.6 is 0 Å². The van der Waals surface area contributed by atoms with Crippen LogP contribution in [0.3, 0.4) is 0 Å². The highest BCUT2D eigenvalue weighted by molar-refractivity contribution is 5.82. The van der Waals surface area contributed by atoms with E-state index in [1.54, 1.807) is 0 Å². The second-order valence-electron chi connectivity index (χ2n) is 12.2. The van der Waals surface area contributed by atoms with Gasteiger partial charge in [0.05, 0.1) is 23.4 Å². The van der Waals surface area contributed by atoms with Gasteiger partial charge in [-0.3, -0.25) is 4.98 Å². The van der Waals surface area contributed by atoms with Gasteiger partial charge in [0.2, 0.25) is 0 Å². The van der Waals surface area contributed by atoms with Crippen molar-refractivity contribution in [2.75, 3.05) is 0 Å². The van der Waals surface area contributed by atoms with E-state index in [-0.39, 0.29) is 22.5 Å². The third-order valence-corrected chi connectivity index (χ3v) is 11.0. The number of aliphatic hydroxyl groups excluding tert-OH is 2. The molecule has 33 heavy (non-hydrogen) atoms. The molecule has 5 nitrogen and oxygen atoms in total. The van der Waals surface area contributed by atoms with Crippen molar-refractivity contribution >= 4 is 10.8 Å². The molecule has 3 saturated carbocycles.